The molecule has 2 aromatic rings. The van der Waals surface area contributed by atoms with Crippen molar-refractivity contribution in [3.63, 3.8) is 0 Å². The van der Waals surface area contributed by atoms with Crippen LogP contribution in [0.1, 0.15) is 43.5 Å². The number of rotatable bonds is 8. The second kappa shape index (κ2) is 10.9. The lowest BCUT2D eigenvalue weighted by molar-refractivity contribution is -0.139. The molecule has 178 valence electrons. The third-order valence-corrected chi connectivity index (χ3v) is 7.04. The average molecular weight is 590 g/mol. The fourth-order valence-electron chi connectivity index (χ4n) is 3.89. The highest BCUT2D eigenvalue weighted by Crippen LogP contribution is 2.44. The first kappa shape index (κ1) is 24.7. The Morgan fingerprint density at radius 3 is 2.59 bits per heavy atom. The van der Waals surface area contributed by atoms with E-state index in [0.717, 1.165) is 19.9 Å². The summed E-state index contributed by atoms with van der Waals surface area (Å²) in [5, 5.41) is 2.81. The summed E-state index contributed by atoms with van der Waals surface area (Å²) >= 11 is 3.81. The summed E-state index contributed by atoms with van der Waals surface area (Å²) < 4.78 is 18.5. The molecule has 1 atom stereocenters. The van der Waals surface area contributed by atoms with Gasteiger partial charge in [0.2, 0.25) is 0 Å². The summed E-state index contributed by atoms with van der Waals surface area (Å²) in [6.07, 6.45) is 1.95. The summed E-state index contributed by atoms with van der Waals surface area (Å²) in [4.78, 5) is 19.6. The van der Waals surface area contributed by atoms with Crippen LogP contribution < -0.4 is 9.47 Å². The standard InChI is InChI=1S/C26H27IN2O4S/c1-5-31-21-14-19(13-20(27)24(21)33-15-18-9-7-16(3)8-10-18)23-22(25(30)32-6-2)17(4)28-26-29(23)11-12-34-26/h7-14,23H,5-6,15H2,1-4H3/t23-/m1/s1. The molecule has 4 rings (SSSR count). The van der Waals surface area contributed by atoms with Gasteiger partial charge in [-0.15, -0.1) is 0 Å². The van der Waals surface area contributed by atoms with E-state index < -0.39 is 0 Å². The number of carbonyl (C=O) groups is 1. The number of esters is 1. The van der Waals surface area contributed by atoms with Crippen molar-refractivity contribution >= 4 is 45.5 Å². The Labute approximate surface area is 218 Å². The number of halogens is 1. The van der Waals surface area contributed by atoms with Gasteiger partial charge >= 0.3 is 5.97 Å². The van der Waals surface area contributed by atoms with Gasteiger partial charge < -0.3 is 19.1 Å². The van der Waals surface area contributed by atoms with Crippen LogP contribution in [0.5, 0.6) is 11.5 Å². The highest BCUT2D eigenvalue weighted by Gasteiger charge is 2.38. The maximum atomic E-state index is 13.0. The molecule has 0 fully saturated rings. The normalized spacial score (nSPS) is 16.9. The van der Waals surface area contributed by atoms with Gasteiger partial charge in [0.15, 0.2) is 16.7 Å². The smallest absolute Gasteiger partial charge is 0.338 e. The molecule has 2 aromatic carbocycles. The number of thioether (sulfide) groups is 1. The molecule has 0 amide bonds. The van der Waals surface area contributed by atoms with Gasteiger partial charge in [-0.25, -0.2) is 9.79 Å². The van der Waals surface area contributed by atoms with Crippen molar-refractivity contribution in [1.29, 1.82) is 0 Å². The van der Waals surface area contributed by atoms with Crippen molar-refractivity contribution in [3.05, 3.63) is 79.5 Å². The number of benzene rings is 2. The first-order valence-electron chi connectivity index (χ1n) is 11.2. The SMILES string of the molecule is CCOC(=O)C1=C(C)N=C2SC=CN2[C@@H]1c1cc(I)c(OCc2ccc(C)cc2)c(OCC)c1. The molecule has 0 N–H and O–H groups in total. The number of hydrogen-bond donors (Lipinski definition) is 0. The van der Waals surface area contributed by atoms with Gasteiger partial charge in [0, 0.05) is 6.20 Å². The van der Waals surface area contributed by atoms with Crippen LogP contribution >= 0.6 is 34.4 Å². The van der Waals surface area contributed by atoms with Crippen molar-refractivity contribution in [3.8, 4) is 11.5 Å². The lowest BCUT2D eigenvalue weighted by atomic mass is 9.94. The molecule has 0 saturated heterocycles. The van der Waals surface area contributed by atoms with Gasteiger partial charge in [-0.1, -0.05) is 41.6 Å². The van der Waals surface area contributed by atoms with Crippen LogP contribution in [0.3, 0.4) is 0 Å². The second-order valence-corrected chi connectivity index (χ2v) is 9.90. The van der Waals surface area contributed by atoms with E-state index in [1.807, 2.05) is 49.4 Å². The van der Waals surface area contributed by atoms with Crippen molar-refractivity contribution in [2.45, 2.75) is 40.3 Å². The van der Waals surface area contributed by atoms with Crippen LogP contribution in [-0.2, 0) is 16.1 Å². The van der Waals surface area contributed by atoms with Gasteiger partial charge in [0.05, 0.1) is 34.1 Å². The number of carbonyl (C=O) groups excluding carboxylic acids is 1. The number of ether oxygens (including phenoxy) is 3. The molecule has 2 aliphatic heterocycles. The van der Waals surface area contributed by atoms with Crippen molar-refractivity contribution in [1.82, 2.24) is 4.90 Å². The van der Waals surface area contributed by atoms with Gasteiger partial charge in [0.25, 0.3) is 0 Å². The molecule has 34 heavy (non-hydrogen) atoms. The number of hydrogen-bond acceptors (Lipinski definition) is 7. The molecule has 0 radical (unpaired) electrons. The summed E-state index contributed by atoms with van der Waals surface area (Å²) in [6, 6.07) is 11.9. The Kier molecular flexibility index (Phi) is 7.88. The Balaban J connectivity index is 1.72. The number of aryl methyl sites for hydroxylation is 1. The number of amidine groups is 1. The average Bonchev–Trinajstić information content (AvgIpc) is 3.27. The summed E-state index contributed by atoms with van der Waals surface area (Å²) in [5.74, 6) is 0.990. The van der Waals surface area contributed by atoms with Crippen molar-refractivity contribution < 1.29 is 19.0 Å². The molecule has 2 aliphatic rings. The van der Waals surface area contributed by atoms with E-state index >= 15 is 0 Å². The minimum Gasteiger partial charge on any atom is -0.490 e. The lowest BCUT2D eigenvalue weighted by Crippen LogP contribution is -2.34. The Bertz CT molecular complexity index is 1170. The number of aliphatic imine (C=N–C) groups is 1. The van der Waals surface area contributed by atoms with E-state index in [2.05, 4.69) is 58.8 Å². The van der Waals surface area contributed by atoms with E-state index in [9.17, 15) is 4.79 Å². The largest absolute Gasteiger partial charge is 0.490 e. The highest BCUT2D eigenvalue weighted by molar-refractivity contribution is 14.1. The Morgan fingerprint density at radius 1 is 1.12 bits per heavy atom. The van der Waals surface area contributed by atoms with E-state index in [0.29, 0.717) is 42.6 Å². The van der Waals surface area contributed by atoms with Crippen LogP contribution in [-0.4, -0.2) is 29.3 Å². The quantitative estimate of drug-likeness (QED) is 0.264. The first-order chi connectivity index (χ1) is 16.4. The molecule has 0 spiro atoms. The van der Waals surface area contributed by atoms with Crippen LogP contribution in [0.25, 0.3) is 0 Å². The molecular weight excluding hydrogens is 563 g/mol. The van der Waals surface area contributed by atoms with Crippen LogP contribution in [0.2, 0.25) is 0 Å². The van der Waals surface area contributed by atoms with E-state index in [1.54, 1.807) is 0 Å². The highest BCUT2D eigenvalue weighted by atomic mass is 127. The van der Waals surface area contributed by atoms with Gasteiger partial charge in [-0.05, 0) is 79.0 Å². The molecule has 0 saturated carbocycles. The zero-order chi connectivity index (χ0) is 24.2. The predicted molar refractivity (Wildman–Crippen MR) is 144 cm³/mol. The number of nitrogens with zero attached hydrogens (tertiary/aromatic N) is 2. The van der Waals surface area contributed by atoms with E-state index in [1.165, 1.54) is 17.3 Å². The maximum absolute atomic E-state index is 13.0. The Hall–Kier alpha value is -2.46. The van der Waals surface area contributed by atoms with Gasteiger partial charge in [-0.2, -0.15) is 0 Å². The Morgan fingerprint density at radius 2 is 1.88 bits per heavy atom. The molecule has 0 aromatic heterocycles. The number of allylic oxidation sites excluding steroid dienone is 1. The summed E-state index contributed by atoms with van der Waals surface area (Å²) in [6.45, 7) is 8.92. The van der Waals surface area contributed by atoms with Crippen LogP contribution in [0.15, 0.2) is 64.3 Å². The van der Waals surface area contributed by atoms with Gasteiger partial charge in [-0.3, -0.25) is 0 Å². The third-order valence-electron chi connectivity index (χ3n) is 5.47. The minimum atomic E-state index is -0.364. The number of fused-ring (bicyclic) bond motifs is 1. The van der Waals surface area contributed by atoms with E-state index in [-0.39, 0.29) is 12.0 Å². The molecule has 0 bridgehead atoms. The van der Waals surface area contributed by atoms with E-state index in [4.69, 9.17) is 14.2 Å². The fraction of sp³-hybridized carbons (Fsp3) is 0.308. The second-order valence-electron chi connectivity index (χ2n) is 7.86. The fourth-order valence-corrected chi connectivity index (χ4v) is 5.46. The van der Waals surface area contributed by atoms with Gasteiger partial charge in [0.1, 0.15) is 6.61 Å². The summed E-state index contributed by atoms with van der Waals surface area (Å²) in [7, 11) is 0. The first-order valence-corrected chi connectivity index (χ1v) is 13.1. The van der Waals surface area contributed by atoms with Crippen LogP contribution in [0, 0.1) is 10.5 Å². The lowest BCUT2D eigenvalue weighted by Gasteiger charge is -2.33. The predicted octanol–water partition coefficient (Wildman–Crippen LogP) is 6.35. The monoisotopic (exact) mass is 590 g/mol. The summed E-state index contributed by atoms with van der Waals surface area (Å²) in [5.41, 5.74) is 4.41. The van der Waals surface area contributed by atoms with Crippen molar-refractivity contribution in [2.24, 2.45) is 4.99 Å². The zero-order valence-corrected chi connectivity index (χ0v) is 22.6. The van der Waals surface area contributed by atoms with Crippen molar-refractivity contribution in [2.75, 3.05) is 13.2 Å². The molecule has 8 heteroatoms. The molecule has 6 nitrogen and oxygen atoms in total. The molecule has 0 aliphatic carbocycles. The van der Waals surface area contributed by atoms with Crippen LogP contribution in [0.4, 0.5) is 0 Å². The molecule has 0 unspecified atom stereocenters. The topological polar surface area (TPSA) is 60.4 Å². The molecule has 2 heterocycles. The minimum absolute atomic E-state index is 0.303. The third kappa shape index (κ3) is 5.12. The maximum Gasteiger partial charge on any atom is 0.338 e. The molecular formula is C26H27IN2O4S. The zero-order valence-electron chi connectivity index (χ0n) is 19.6.